The van der Waals surface area contributed by atoms with Crippen LogP contribution in [0, 0.1) is 5.92 Å². The first-order valence-electron chi connectivity index (χ1n) is 6.72. The average Bonchev–Trinajstić information content (AvgIpc) is 2.41. The molecule has 1 amide bonds. The van der Waals surface area contributed by atoms with Gasteiger partial charge in [0.25, 0.3) is 5.91 Å². The molecule has 0 aliphatic heterocycles. The fourth-order valence-electron chi connectivity index (χ4n) is 2.64. The van der Waals surface area contributed by atoms with Crippen LogP contribution >= 0.6 is 27.5 Å². The van der Waals surface area contributed by atoms with Gasteiger partial charge in [0.15, 0.2) is 0 Å². The number of hydrogen-bond donors (Lipinski definition) is 1. The van der Waals surface area contributed by atoms with Crippen molar-refractivity contribution in [2.75, 3.05) is 0 Å². The van der Waals surface area contributed by atoms with Crippen molar-refractivity contribution in [3.05, 3.63) is 27.5 Å². The molecule has 1 saturated carbocycles. The van der Waals surface area contributed by atoms with Crippen LogP contribution in [0.5, 0.6) is 0 Å². The fourth-order valence-corrected chi connectivity index (χ4v) is 3.16. The number of carbonyl (C=O) groups is 1. The van der Waals surface area contributed by atoms with E-state index in [-0.39, 0.29) is 17.1 Å². The number of pyridine rings is 1. The Hall–Kier alpha value is -0.610. The Morgan fingerprint density at radius 2 is 2.37 bits per heavy atom. The number of halogens is 2. The van der Waals surface area contributed by atoms with Gasteiger partial charge in [-0.3, -0.25) is 4.79 Å². The van der Waals surface area contributed by atoms with E-state index in [1.165, 1.54) is 19.3 Å². The van der Waals surface area contributed by atoms with Gasteiger partial charge in [-0.15, -0.1) is 0 Å². The van der Waals surface area contributed by atoms with Crippen LogP contribution in [0.3, 0.4) is 0 Å². The van der Waals surface area contributed by atoms with Crippen LogP contribution < -0.4 is 5.32 Å². The third-order valence-electron chi connectivity index (χ3n) is 3.75. The van der Waals surface area contributed by atoms with E-state index in [1.807, 2.05) is 0 Å². The summed E-state index contributed by atoms with van der Waals surface area (Å²) in [6.45, 7) is 2.21. The average molecular weight is 346 g/mol. The Morgan fingerprint density at radius 1 is 1.58 bits per heavy atom. The van der Waals surface area contributed by atoms with E-state index < -0.39 is 0 Å². The van der Waals surface area contributed by atoms with Gasteiger partial charge in [-0.2, -0.15) is 0 Å². The minimum absolute atomic E-state index is 0.124. The molecule has 1 aromatic rings. The molecule has 0 radical (unpaired) electrons. The summed E-state index contributed by atoms with van der Waals surface area (Å²) in [5, 5.41) is 3.34. The van der Waals surface area contributed by atoms with Crippen molar-refractivity contribution in [1.82, 2.24) is 10.3 Å². The van der Waals surface area contributed by atoms with E-state index in [0.29, 0.717) is 5.56 Å². The van der Waals surface area contributed by atoms with Crippen molar-refractivity contribution >= 4 is 33.4 Å². The van der Waals surface area contributed by atoms with Gasteiger partial charge in [0.05, 0.1) is 5.56 Å². The Labute approximate surface area is 127 Å². The molecule has 2 rings (SSSR count). The lowest BCUT2D eigenvalue weighted by atomic mass is 9.84. The zero-order valence-electron chi connectivity index (χ0n) is 11.0. The molecule has 0 bridgehead atoms. The molecule has 2 atom stereocenters. The van der Waals surface area contributed by atoms with Crippen LogP contribution in [0.1, 0.15) is 49.4 Å². The molecule has 1 heterocycles. The highest BCUT2D eigenvalue weighted by Gasteiger charge is 2.23. The normalized spacial score (nSPS) is 23.1. The van der Waals surface area contributed by atoms with Crippen molar-refractivity contribution < 1.29 is 4.79 Å². The van der Waals surface area contributed by atoms with Gasteiger partial charge in [-0.05, 0) is 40.8 Å². The molecular formula is C14H18BrClN2O. The highest BCUT2D eigenvalue weighted by molar-refractivity contribution is 9.10. The van der Waals surface area contributed by atoms with Crippen LogP contribution in [0.15, 0.2) is 16.7 Å². The largest absolute Gasteiger partial charge is 0.349 e. The molecule has 0 spiro atoms. The number of nitrogens with one attached hydrogen (secondary N) is 1. The minimum Gasteiger partial charge on any atom is -0.349 e. The monoisotopic (exact) mass is 344 g/mol. The molecule has 1 aromatic heterocycles. The molecule has 0 saturated heterocycles. The van der Waals surface area contributed by atoms with Gasteiger partial charge in [-0.1, -0.05) is 37.8 Å². The van der Waals surface area contributed by atoms with Gasteiger partial charge in [0.2, 0.25) is 0 Å². The summed E-state index contributed by atoms with van der Waals surface area (Å²) in [6.07, 6.45) is 7.37. The van der Waals surface area contributed by atoms with Crippen LogP contribution in [0.4, 0.5) is 0 Å². The topological polar surface area (TPSA) is 42.0 Å². The molecule has 2 unspecified atom stereocenters. The van der Waals surface area contributed by atoms with Gasteiger partial charge < -0.3 is 5.32 Å². The zero-order chi connectivity index (χ0) is 13.8. The second kappa shape index (κ2) is 6.71. The van der Waals surface area contributed by atoms with Crippen LogP contribution in [0.25, 0.3) is 0 Å². The lowest BCUT2D eigenvalue weighted by Gasteiger charge is -2.29. The number of carbonyl (C=O) groups excluding carboxylic acids is 1. The molecule has 0 aromatic carbocycles. The van der Waals surface area contributed by atoms with Gasteiger partial charge >= 0.3 is 0 Å². The third-order valence-corrected chi connectivity index (χ3v) is 4.48. The molecule has 1 fully saturated rings. The first-order valence-corrected chi connectivity index (χ1v) is 7.89. The van der Waals surface area contributed by atoms with E-state index in [0.717, 1.165) is 23.2 Å². The van der Waals surface area contributed by atoms with E-state index in [4.69, 9.17) is 11.6 Å². The molecule has 3 nitrogen and oxygen atoms in total. The van der Waals surface area contributed by atoms with E-state index in [2.05, 4.69) is 33.2 Å². The molecule has 1 aliphatic rings. The first-order chi connectivity index (χ1) is 9.10. The lowest BCUT2D eigenvalue weighted by Crippen LogP contribution is -2.38. The summed E-state index contributed by atoms with van der Waals surface area (Å²) >= 11 is 9.28. The molecular weight excluding hydrogens is 328 g/mol. The van der Waals surface area contributed by atoms with E-state index >= 15 is 0 Å². The highest BCUT2D eigenvalue weighted by atomic mass is 79.9. The summed E-state index contributed by atoms with van der Waals surface area (Å²) < 4.78 is 0.761. The zero-order valence-corrected chi connectivity index (χ0v) is 13.3. The summed E-state index contributed by atoms with van der Waals surface area (Å²) in [7, 11) is 0. The van der Waals surface area contributed by atoms with E-state index in [9.17, 15) is 4.79 Å². The molecule has 1 N–H and O–H groups in total. The second-order valence-electron chi connectivity index (χ2n) is 5.10. The SMILES string of the molecule is CCC1CCCC(NC(=O)c2cc(Br)cnc2Cl)C1. The standard InChI is InChI=1S/C14H18BrClN2O/c1-2-9-4-3-5-11(6-9)18-14(19)12-7-10(15)8-17-13(12)16/h7-9,11H,2-6H2,1H3,(H,18,19). The quantitative estimate of drug-likeness (QED) is 0.834. The molecule has 1 aliphatic carbocycles. The second-order valence-corrected chi connectivity index (χ2v) is 6.38. The van der Waals surface area contributed by atoms with Crippen molar-refractivity contribution in [1.29, 1.82) is 0 Å². The molecule has 5 heteroatoms. The Balaban J connectivity index is 2.02. The number of hydrogen-bond acceptors (Lipinski definition) is 2. The van der Waals surface area contributed by atoms with E-state index in [1.54, 1.807) is 12.3 Å². The Bertz CT molecular complexity index is 467. The minimum atomic E-state index is -0.124. The van der Waals surface area contributed by atoms with Crippen molar-refractivity contribution in [3.8, 4) is 0 Å². The fraction of sp³-hybridized carbons (Fsp3) is 0.571. The van der Waals surface area contributed by atoms with Crippen molar-refractivity contribution in [2.45, 2.75) is 45.1 Å². The number of nitrogens with zero attached hydrogens (tertiary/aromatic N) is 1. The summed E-state index contributed by atoms with van der Waals surface area (Å²) in [6, 6.07) is 1.98. The van der Waals surface area contributed by atoms with Crippen LogP contribution in [-0.4, -0.2) is 16.9 Å². The number of rotatable bonds is 3. The summed E-state index contributed by atoms with van der Waals surface area (Å²) in [5.41, 5.74) is 0.440. The number of amides is 1. The maximum absolute atomic E-state index is 12.2. The third kappa shape index (κ3) is 3.93. The Kier molecular flexibility index (Phi) is 5.22. The predicted molar refractivity (Wildman–Crippen MR) is 80.5 cm³/mol. The maximum Gasteiger partial charge on any atom is 0.254 e. The van der Waals surface area contributed by atoms with Gasteiger partial charge in [-0.25, -0.2) is 4.98 Å². The highest BCUT2D eigenvalue weighted by Crippen LogP contribution is 2.27. The van der Waals surface area contributed by atoms with Crippen LogP contribution in [0.2, 0.25) is 5.15 Å². The molecule has 104 valence electrons. The first kappa shape index (κ1) is 14.8. The van der Waals surface area contributed by atoms with Gasteiger partial charge in [0.1, 0.15) is 5.15 Å². The smallest absolute Gasteiger partial charge is 0.254 e. The van der Waals surface area contributed by atoms with Crippen molar-refractivity contribution in [2.24, 2.45) is 5.92 Å². The summed E-state index contributed by atoms with van der Waals surface area (Å²) in [4.78, 5) is 16.2. The van der Waals surface area contributed by atoms with Crippen molar-refractivity contribution in [3.63, 3.8) is 0 Å². The summed E-state index contributed by atoms with van der Waals surface area (Å²) in [5.74, 6) is 0.607. The molecule has 19 heavy (non-hydrogen) atoms. The van der Waals surface area contributed by atoms with Gasteiger partial charge in [0, 0.05) is 16.7 Å². The maximum atomic E-state index is 12.2. The predicted octanol–water partition coefficient (Wildman–Crippen LogP) is 4.20. The Morgan fingerprint density at radius 3 is 3.11 bits per heavy atom. The lowest BCUT2D eigenvalue weighted by molar-refractivity contribution is 0.0919. The number of aromatic nitrogens is 1. The van der Waals surface area contributed by atoms with Crippen LogP contribution in [-0.2, 0) is 0 Å².